The van der Waals surface area contributed by atoms with Gasteiger partial charge in [-0.15, -0.1) is 0 Å². The zero-order valence-corrected chi connectivity index (χ0v) is 22.3. The van der Waals surface area contributed by atoms with Crippen molar-refractivity contribution in [2.45, 2.75) is 26.4 Å². The predicted octanol–water partition coefficient (Wildman–Crippen LogP) is 6.27. The van der Waals surface area contributed by atoms with Crippen LogP contribution in [0.5, 0.6) is 0 Å². The second-order valence-electron chi connectivity index (χ2n) is 9.39. The summed E-state index contributed by atoms with van der Waals surface area (Å²) in [6.07, 6.45) is -0.241. The largest absolute Gasteiger partial charge is 0.481 e. The van der Waals surface area contributed by atoms with Gasteiger partial charge in [0.1, 0.15) is 5.82 Å². The second-order valence-corrected chi connectivity index (χ2v) is 9.39. The maximum Gasteiger partial charge on any atom is 0.305 e. The highest BCUT2D eigenvalue weighted by Crippen LogP contribution is 2.30. The standard InChI is InChI=1S/C33H31FN2O4/c1-2-35(22-24-10-4-3-5-11-24)32(39)29-14-8-6-12-27(29)28-13-7-9-15-30(28)33(40)36(21-20-31(37)38)23-25-16-18-26(34)19-17-25/h3-19H,2,20-23H2,1H3,(H,37,38). The Morgan fingerprint density at radius 1 is 0.650 bits per heavy atom. The lowest BCUT2D eigenvalue weighted by Crippen LogP contribution is -2.33. The molecule has 0 aliphatic carbocycles. The number of benzene rings is 4. The Balaban J connectivity index is 1.69. The number of carboxylic acid groups (broad SMARTS) is 1. The number of halogens is 1. The highest BCUT2D eigenvalue weighted by Gasteiger charge is 2.24. The number of carbonyl (C=O) groups excluding carboxylic acids is 2. The van der Waals surface area contributed by atoms with Crippen LogP contribution in [0.25, 0.3) is 11.1 Å². The van der Waals surface area contributed by atoms with Gasteiger partial charge < -0.3 is 14.9 Å². The van der Waals surface area contributed by atoms with Crippen LogP contribution in [0.4, 0.5) is 4.39 Å². The lowest BCUT2D eigenvalue weighted by atomic mass is 9.93. The van der Waals surface area contributed by atoms with Gasteiger partial charge in [0, 0.05) is 37.3 Å². The molecular formula is C33H31FN2O4. The van der Waals surface area contributed by atoms with Crippen LogP contribution in [0.1, 0.15) is 45.2 Å². The maximum absolute atomic E-state index is 13.9. The monoisotopic (exact) mass is 538 g/mol. The van der Waals surface area contributed by atoms with Crippen LogP contribution in [-0.4, -0.2) is 45.8 Å². The molecule has 0 aliphatic heterocycles. The van der Waals surface area contributed by atoms with Crippen LogP contribution in [0.15, 0.2) is 103 Å². The average Bonchev–Trinajstić information content (AvgIpc) is 2.98. The minimum atomic E-state index is -1.03. The highest BCUT2D eigenvalue weighted by atomic mass is 19.1. The number of nitrogens with zero attached hydrogens (tertiary/aromatic N) is 2. The van der Waals surface area contributed by atoms with Gasteiger partial charge >= 0.3 is 5.97 Å². The van der Waals surface area contributed by atoms with E-state index < -0.39 is 11.8 Å². The molecule has 0 fully saturated rings. The Labute approximate surface area is 233 Å². The summed E-state index contributed by atoms with van der Waals surface area (Å²) in [5.74, 6) is -1.95. The molecule has 0 unspecified atom stereocenters. The van der Waals surface area contributed by atoms with Crippen molar-refractivity contribution >= 4 is 17.8 Å². The van der Waals surface area contributed by atoms with Crippen molar-refractivity contribution in [3.8, 4) is 11.1 Å². The Bertz CT molecular complexity index is 1470. The molecule has 4 aromatic carbocycles. The Hall–Kier alpha value is -4.78. The van der Waals surface area contributed by atoms with E-state index in [9.17, 15) is 23.9 Å². The molecule has 0 saturated carbocycles. The third-order valence-corrected chi connectivity index (χ3v) is 6.66. The molecule has 0 aromatic heterocycles. The fraction of sp³-hybridized carbons (Fsp3) is 0.182. The quantitative estimate of drug-likeness (QED) is 0.244. The summed E-state index contributed by atoms with van der Waals surface area (Å²) in [5.41, 5.74) is 3.69. The van der Waals surface area contributed by atoms with E-state index in [1.54, 1.807) is 53.4 Å². The average molecular weight is 539 g/mol. The van der Waals surface area contributed by atoms with Gasteiger partial charge in [-0.3, -0.25) is 14.4 Å². The van der Waals surface area contributed by atoms with Gasteiger partial charge in [0.2, 0.25) is 0 Å². The third kappa shape index (κ3) is 6.99. The van der Waals surface area contributed by atoms with E-state index in [4.69, 9.17) is 0 Å². The van der Waals surface area contributed by atoms with Crippen LogP contribution in [0, 0.1) is 5.82 Å². The van der Waals surface area contributed by atoms with Crippen molar-refractivity contribution < 1.29 is 23.9 Å². The second kappa shape index (κ2) is 13.3. The molecule has 0 atom stereocenters. The lowest BCUT2D eigenvalue weighted by molar-refractivity contribution is -0.137. The summed E-state index contributed by atoms with van der Waals surface area (Å²) in [6, 6.07) is 29.7. The van der Waals surface area contributed by atoms with Crippen LogP contribution in [-0.2, 0) is 17.9 Å². The van der Waals surface area contributed by atoms with E-state index in [2.05, 4.69) is 0 Å². The third-order valence-electron chi connectivity index (χ3n) is 6.66. The number of amides is 2. The van der Waals surface area contributed by atoms with Crippen molar-refractivity contribution in [2.75, 3.05) is 13.1 Å². The van der Waals surface area contributed by atoms with E-state index in [-0.39, 0.29) is 31.3 Å². The zero-order chi connectivity index (χ0) is 28.5. The van der Waals surface area contributed by atoms with Gasteiger partial charge in [0.05, 0.1) is 6.42 Å². The van der Waals surface area contributed by atoms with Crippen molar-refractivity contribution in [1.29, 1.82) is 0 Å². The molecular weight excluding hydrogens is 507 g/mol. The fourth-order valence-electron chi connectivity index (χ4n) is 4.57. The summed E-state index contributed by atoms with van der Waals surface area (Å²) < 4.78 is 13.5. The molecule has 0 bridgehead atoms. The molecule has 4 aromatic rings. The van der Waals surface area contributed by atoms with E-state index in [0.717, 1.165) is 5.56 Å². The Kier molecular flexibility index (Phi) is 9.41. The van der Waals surface area contributed by atoms with Crippen LogP contribution in [0.3, 0.4) is 0 Å². The summed E-state index contributed by atoms with van der Waals surface area (Å²) in [6.45, 7) is 2.97. The number of carbonyl (C=O) groups is 3. The SMILES string of the molecule is CCN(Cc1ccccc1)C(=O)c1ccccc1-c1ccccc1C(=O)N(CCC(=O)O)Cc1ccc(F)cc1. The molecule has 2 amide bonds. The number of hydrogen-bond donors (Lipinski definition) is 1. The number of carboxylic acids is 1. The molecule has 0 radical (unpaired) electrons. The first-order chi connectivity index (χ1) is 19.4. The van der Waals surface area contributed by atoms with Gasteiger partial charge in [-0.1, -0.05) is 78.9 Å². The Morgan fingerprint density at radius 2 is 1.12 bits per heavy atom. The summed E-state index contributed by atoms with van der Waals surface area (Å²) >= 11 is 0. The van der Waals surface area contributed by atoms with Crippen molar-refractivity contribution in [2.24, 2.45) is 0 Å². The van der Waals surface area contributed by atoms with Gasteiger partial charge in [-0.2, -0.15) is 0 Å². The molecule has 204 valence electrons. The molecule has 4 rings (SSSR count). The first-order valence-corrected chi connectivity index (χ1v) is 13.1. The normalized spacial score (nSPS) is 10.7. The molecule has 0 heterocycles. The van der Waals surface area contributed by atoms with Gasteiger partial charge in [-0.25, -0.2) is 4.39 Å². The van der Waals surface area contributed by atoms with Crippen molar-refractivity contribution in [3.63, 3.8) is 0 Å². The molecule has 40 heavy (non-hydrogen) atoms. The molecule has 6 nitrogen and oxygen atoms in total. The summed E-state index contributed by atoms with van der Waals surface area (Å²) in [7, 11) is 0. The van der Waals surface area contributed by atoms with E-state index in [1.165, 1.54) is 17.0 Å². The first kappa shape index (κ1) is 28.2. The smallest absolute Gasteiger partial charge is 0.305 e. The predicted molar refractivity (Wildman–Crippen MR) is 152 cm³/mol. The van der Waals surface area contributed by atoms with E-state index in [1.807, 2.05) is 49.4 Å². The molecule has 7 heteroatoms. The van der Waals surface area contributed by atoms with Gasteiger partial charge in [0.25, 0.3) is 11.8 Å². The van der Waals surface area contributed by atoms with Crippen LogP contribution >= 0.6 is 0 Å². The van der Waals surface area contributed by atoms with Crippen molar-refractivity contribution in [1.82, 2.24) is 9.80 Å². The minimum absolute atomic E-state index is 0.0266. The molecule has 1 N–H and O–H groups in total. The topological polar surface area (TPSA) is 77.9 Å². The van der Waals surface area contributed by atoms with Crippen molar-refractivity contribution in [3.05, 3.63) is 131 Å². The summed E-state index contributed by atoms with van der Waals surface area (Å²) in [4.78, 5) is 42.2. The minimum Gasteiger partial charge on any atom is -0.481 e. The number of rotatable bonds is 11. The van der Waals surface area contributed by atoms with Crippen LogP contribution in [0.2, 0.25) is 0 Å². The molecule has 0 aliphatic rings. The van der Waals surface area contributed by atoms with Gasteiger partial charge in [-0.05, 0) is 53.4 Å². The van der Waals surface area contributed by atoms with Crippen LogP contribution < -0.4 is 0 Å². The first-order valence-electron chi connectivity index (χ1n) is 13.1. The highest BCUT2D eigenvalue weighted by molar-refractivity contribution is 6.06. The number of aliphatic carboxylic acids is 1. The zero-order valence-electron chi connectivity index (χ0n) is 22.3. The molecule has 0 spiro atoms. The fourth-order valence-corrected chi connectivity index (χ4v) is 4.57. The Morgan fingerprint density at radius 3 is 1.68 bits per heavy atom. The van der Waals surface area contributed by atoms with E-state index in [0.29, 0.717) is 40.9 Å². The number of hydrogen-bond acceptors (Lipinski definition) is 3. The summed E-state index contributed by atoms with van der Waals surface area (Å²) in [5, 5.41) is 9.30. The maximum atomic E-state index is 13.9. The van der Waals surface area contributed by atoms with Gasteiger partial charge in [0.15, 0.2) is 0 Å². The van der Waals surface area contributed by atoms with E-state index >= 15 is 0 Å². The molecule has 0 saturated heterocycles. The lowest BCUT2D eigenvalue weighted by Gasteiger charge is -2.25.